The SMILES string of the molecule is Cc1c(S(=O)(=O)NC2CCCCCCC2)cnn1C. The molecule has 108 valence electrons. The van der Waals surface area contributed by atoms with E-state index in [2.05, 4.69) is 9.82 Å². The molecule has 6 heteroatoms. The van der Waals surface area contributed by atoms with Crippen molar-refractivity contribution in [2.45, 2.75) is 62.8 Å². The molecule has 5 nitrogen and oxygen atoms in total. The Morgan fingerprint density at radius 3 is 2.32 bits per heavy atom. The molecule has 0 aromatic carbocycles. The number of sulfonamides is 1. The molecule has 1 fully saturated rings. The van der Waals surface area contributed by atoms with E-state index in [1.165, 1.54) is 25.5 Å². The van der Waals surface area contributed by atoms with E-state index in [-0.39, 0.29) is 6.04 Å². The molecule has 0 amide bonds. The first-order chi connectivity index (χ1) is 9.00. The molecule has 0 spiro atoms. The number of aromatic nitrogens is 2. The van der Waals surface area contributed by atoms with Crippen LogP contribution in [-0.2, 0) is 17.1 Å². The first-order valence-electron chi connectivity index (χ1n) is 7.01. The zero-order valence-corrected chi connectivity index (χ0v) is 12.5. The van der Waals surface area contributed by atoms with E-state index in [0.29, 0.717) is 10.6 Å². The highest BCUT2D eigenvalue weighted by Gasteiger charge is 2.24. The molecule has 0 radical (unpaired) electrons. The van der Waals surface area contributed by atoms with Gasteiger partial charge in [-0.1, -0.05) is 32.1 Å². The van der Waals surface area contributed by atoms with Crippen LogP contribution >= 0.6 is 0 Å². The fraction of sp³-hybridized carbons (Fsp3) is 0.769. The second-order valence-corrected chi connectivity index (χ2v) is 7.06. The van der Waals surface area contributed by atoms with Crippen molar-refractivity contribution in [3.63, 3.8) is 0 Å². The van der Waals surface area contributed by atoms with E-state index >= 15 is 0 Å². The summed E-state index contributed by atoms with van der Waals surface area (Å²) in [6.45, 7) is 1.78. The molecule has 1 aromatic heterocycles. The molecule has 0 aliphatic heterocycles. The summed E-state index contributed by atoms with van der Waals surface area (Å²) < 4.78 is 29.2. The topological polar surface area (TPSA) is 64.0 Å². The van der Waals surface area contributed by atoms with Crippen LogP contribution < -0.4 is 4.72 Å². The molecule has 0 saturated heterocycles. The molecular weight excluding hydrogens is 262 g/mol. The molecule has 1 aliphatic rings. The molecule has 0 bridgehead atoms. The Morgan fingerprint density at radius 1 is 1.21 bits per heavy atom. The van der Waals surface area contributed by atoms with E-state index < -0.39 is 10.0 Å². The molecule has 0 unspecified atom stereocenters. The Hall–Kier alpha value is -0.880. The van der Waals surface area contributed by atoms with Crippen LogP contribution in [0, 0.1) is 6.92 Å². The maximum atomic E-state index is 12.4. The van der Waals surface area contributed by atoms with Gasteiger partial charge in [0.2, 0.25) is 10.0 Å². The lowest BCUT2D eigenvalue weighted by Crippen LogP contribution is -2.35. The van der Waals surface area contributed by atoms with Crippen molar-refractivity contribution in [2.75, 3.05) is 0 Å². The van der Waals surface area contributed by atoms with Gasteiger partial charge in [0.25, 0.3) is 0 Å². The molecule has 1 aliphatic carbocycles. The summed E-state index contributed by atoms with van der Waals surface area (Å²) in [6, 6.07) is 0.0740. The number of hydrogen-bond acceptors (Lipinski definition) is 3. The molecule has 2 rings (SSSR count). The smallest absolute Gasteiger partial charge is 0.244 e. The molecule has 1 saturated carbocycles. The lowest BCUT2D eigenvalue weighted by atomic mass is 9.97. The van der Waals surface area contributed by atoms with Crippen molar-refractivity contribution in [2.24, 2.45) is 7.05 Å². The highest BCUT2D eigenvalue weighted by molar-refractivity contribution is 7.89. The van der Waals surface area contributed by atoms with Gasteiger partial charge in [0.05, 0.1) is 11.9 Å². The molecule has 1 aromatic rings. The fourth-order valence-corrected chi connectivity index (χ4v) is 4.11. The molecule has 0 atom stereocenters. The second kappa shape index (κ2) is 6.05. The van der Waals surface area contributed by atoms with E-state index in [0.717, 1.165) is 25.7 Å². The maximum absolute atomic E-state index is 12.4. The van der Waals surface area contributed by atoms with Gasteiger partial charge >= 0.3 is 0 Å². The van der Waals surface area contributed by atoms with Crippen LogP contribution in [0.15, 0.2) is 11.1 Å². The Labute approximate surface area is 115 Å². The van der Waals surface area contributed by atoms with Crippen LogP contribution in [0.5, 0.6) is 0 Å². The zero-order chi connectivity index (χ0) is 13.9. The van der Waals surface area contributed by atoms with Crippen LogP contribution in [-0.4, -0.2) is 24.2 Å². The standard InChI is InChI=1S/C13H23N3O2S/c1-11-13(10-14-16(11)2)19(17,18)15-12-8-6-4-3-5-7-9-12/h10,12,15H,3-9H2,1-2H3. The van der Waals surface area contributed by atoms with Crippen molar-refractivity contribution < 1.29 is 8.42 Å². The van der Waals surface area contributed by atoms with Crippen molar-refractivity contribution in [1.29, 1.82) is 0 Å². The number of hydrogen-bond donors (Lipinski definition) is 1. The summed E-state index contributed by atoms with van der Waals surface area (Å²) in [5.74, 6) is 0. The van der Waals surface area contributed by atoms with Crippen molar-refractivity contribution in [3.8, 4) is 0 Å². The summed E-state index contributed by atoms with van der Waals surface area (Å²) in [4.78, 5) is 0.303. The third-order valence-electron chi connectivity index (χ3n) is 3.91. The maximum Gasteiger partial charge on any atom is 0.244 e. The van der Waals surface area contributed by atoms with Crippen molar-refractivity contribution >= 4 is 10.0 Å². The Morgan fingerprint density at radius 2 is 1.79 bits per heavy atom. The monoisotopic (exact) mass is 285 g/mol. The minimum atomic E-state index is -3.43. The summed E-state index contributed by atoms with van der Waals surface area (Å²) in [6.07, 6.45) is 9.24. The van der Waals surface area contributed by atoms with Gasteiger partial charge in [-0.3, -0.25) is 4.68 Å². The van der Waals surface area contributed by atoms with E-state index in [4.69, 9.17) is 0 Å². The van der Waals surface area contributed by atoms with Gasteiger partial charge in [0, 0.05) is 13.1 Å². The Balaban J connectivity index is 2.09. The van der Waals surface area contributed by atoms with Crippen LogP contribution in [0.1, 0.15) is 50.6 Å². The summed E-state index contributed by atoms with van der Waals surface area (Å²) in [5.41, 5.74) is 0.679. The van der Waals surface area contributed by atoms with Crippen LogP contribution in [0.2, 0.25) is 0 Å². The van der Waals surface area contributed by atoms with Gasteiger partial charge in [-0.2, -0.15) is 5.10 Å². The van der Waals surface area contributed by atoms with Crippen LogP contribution in [0.4, 0.5) is 0 Å². The van der Waals surface area contributed by atoms with Gasteiger partial charge in [-0.15, -0.1) is 0 Å². The van der Waals surface area contributed by atoms with Crippen molar-refractivity contribution in [3.05, 3.63) is 11.9 Å². The largest absolute Gasteiger partial charge is 0.272 e. The lowest BCUT2D eigenvalue weighted by Gasteiger charge is -2.20. The number of aryl methyl sites for hydroxylation is 1. The average molecular weight is 285 g/mol. The normalized spacial score (nSPS) is 19.1. The van der Waals surface area contributed by atoms with E-state index in [9.17, 15) is 8.42 Å². The van der Waals surface area contributed by atoms with Gasteiger partial charge in [0.15, 0.2) is 0 Å². The quantitative estimate of drug-likeness (QED) is 0.925. The number of nitrogens with zero attached hydrogens (tertiary/aromatic N) is 2. The predicted octanol–water partition coefficient (Wildman–Crippen LogP) is 2.12. The minimum absolute atomic E-state index is 0.0740. The second-order valence-electron chi connectivity index (χ2n) is 5.38. The molecule has 1 N–H and O–H groups in total. The highest BCUT2D eigenvalue weighted by atomic mass is 32.2. The third kappa shape index (κ3) is 3.57. The van der Waals surface area contributed by atoms with Crippen LogP contribution in [0.25, 0.3) is 0 Å². The predicted molar refractivity (Wildman–Crippen MR) is 74.4 cm³/mol. The summed E-state index contributed by atoms with van der Waals surface area (Å²) in [7, 11) is -1.68. The first kappa shape index (κ1) is 14.5. The third-order valence-corrected chi connectivity index (χ3v) is 5.53. The Bertz CT molecular complexity index is 514. The van der Waals surface area contributed by atoms with E-state index in [1.807, 2.05) is 0 Å². The first-order valence-corrected chi connectivity index (χ1v) is 8.50. The minimum Gasteiger partial charge on any atom is -0.272 e. The van der Waals surface area contributed by atoms with Crippen LogP contribution in [0.3, 0.4) is 0 Å². The van der Waals surface area contributed by atoms with Gasteiger partial charge in [-0.05, 0) is 19.8 Å². The lowest BCUT2D eigenvalue weighted by molar-refractivity contribution is 0.426. The molecular formula is C13H23N3O2S. The number of rotatable bonds is 3. The van der Waals surface area contributed by atoms with Gasteiger partial charge < -0.3 is 0 Å². The zero-order valence-electron chi connectivity index (χ0n) is 11.7. The summed E-state index contributed by atoms with van der Waals surface area (Å²) in [5, 5.41) is 4.01. The highest BCUT2D eigenvalue weighted by Crippen LogP contribution is 2.20. The van der Waals surface area contributed by atoms with Gasteiger partial charge in [-0.25, -0.2) is 13.1 Å². The van der Waals surface area contributed by atoms with Crippen molar-refractivity contribution in [1.82, 2.24) is 14.5 Å². The Kier molecular flexibility index (Phi) is 4.62. The van der Waals surface area contributed by atoms with Gasteiger partial charge in [0.1, 0.15) is 4.90 Å². The number of nitrogens with one attached hydrogen (secondary N) is 1. The fourth-order valence-electron chi connectivity index (χ4n) is 2.60. The summed E-state index contributed by atoms with van der Waals surface area (Å²) >= 11 is 0. The average Bonchev–Trinajstić information content (AvgIpc) is 2.64. The molecule has 19 heavy (non-hydrogen) atoms. The van der Waals surface area contributed by atoms with E-state index in [1.54, 1.807) is 18.7 Å². The molecule has 1 heterocycles.